The third-order valence-electron chi connectivity index (χ3n) is 3.30. The van der Waals surface area contributed by atoms with Gasteiger partial charge in [0.25, 0.3) is 0 Å². The molecule has 6 nitrogen and oxygen atoms in total. The summed E-state index contributed by atoms with van der Waals surface area (Å²) in [4.78, 5) is 13.7. The Hall–Kier alpha value is -1.40. The molecule has 0 aliphatic rings. The molecule has 0 bridgehead atoms. The number of nitrogens with zero attached hydrogens (tertiary/aromatic N) is 3. The molecule has 3 unspecified atom stereocenters. The van der Waals surface area contributed by atoms with Crippen LogP contribution in [-0.2, 0) is 11.8 Å². The van der Waals surface area contributed by atoms with Crippen molar-refractivity contribution in [3.05, 3.63) is 18.0 Å². The molecular weight excluding hydrogens is 242 g/mol. The van der Waals surface area contributed by atoms with Gasteiger partial charge < -0.3 is 11.1 Å². The van der Waals surface area contributed by atoms with E-state index >= 15 is 0 Å². The predicted octanol–water partition coefficient (Wildman–Crippen LogP) is 0.122. The maximum absolute atomic E-state index is 11.6. The van der Waals surface area contributed by atoms with Gasteiger partial charge in [-0.05, 0) is 14.0 Å². The Labute approximate surface area is 114 Å². The van der Waals surface area contributed by atoms with Crippen molar-refractivity contribution in [3.8, 4) is 0 Å². The van der Waals surface area contributed by atoms with E-state index in [0.717, 1.165) is 5.56 Å². The molecule has 1 rings (SSSR count). The van der Waals surface area contributed by atoms with Gasteiger partial charge in [0.1, 0.15) is 0 Å². The first-order valence-corrected chi connectivity index (χ1v) is 6.52. The molecule has 0 aliphatic heterocycles. The highest BCUT2D eigenvalue weighted by molar-refractivity contribution is 5.78. The Morgan fingerprint density at radius 1 is 1.58 bits per heavy atom. The Morgan fingerprint density at radius 3 is 2.63 bits per heavy atom. The fourth-order valence-corrected chi connectivity index (χ4v) is 2.43. The SMILES string of the molecule is CNC(=O)C(C)CN(C)C(c1cnn(C)c1)C(C)N. The summed E-state index contributed by atoms with van der Waals surface area (Å²) in [5.74, 6) is -0.0330. The smallest absolute Gasteiger partial charge is 0.223 e. The van der Waals surface area contributed by atoms with E-state index in [1.807, 2.05) is 40.3 Å². The van der Waals surface area contributed by atoms with Crippen molar-refractivity contribution in [2.24, 2.45) is 18.7 Å². The number of rotatable bonds is 6. The highest BCUT2D eigenvalue weighted by Crippen LogP contribution is 2.22. The van der Waals surface area contributed by atoms with Crippen LogP contribution in [0.4, 0.5) is 0 Å². The van der Waals surface area contributed by atoms with Gasteiger partial charge >= 0.3 is 0 Å². The van der Waals surface area contributed by atoms with Crippen molar-refractivity contribution in [2.45, 2.75) is 25.9 Å². The van der Waals surface area contributed by atoms with Gasteiger partial charge in [-0.3, -0.25) is 14.4 Å². The van der Waals surface area contributed by atoms with Crippen molar-refractivity contribution < 1.29 is 4.79 Å². The highest BCUT2D eigenvalue weighted by atomic mass is 16.1. The summed E-state index contributed by atoms with van der Waals surface area (Å²) in [5.41, 5.74) is 7.16. The average Bonchev–Trinajstić information content (AvgIpc) is 2.73. The van der Waals surface area contributed by atoms with Crippen LogP contribution in [0, 0.1) is 5.92 Å². The largest absolute Gasteiger partial charge is 0.359 e. The fraction of sp³-hybridized carbons (Fsp3) is 0.692. The second-order valence-corrected chi connectivity index (χ2v) is 5.21. The Bertz CT molecular complexity index is 415. The zero-order valence-corrected chi connectivity index (χ0v) is 12.4. The molecule has 1 aromatic rings. The first-order valence-electron chi connectivity index (χ1n) is 6.52. The molecule has 0 saturated carbocycles. The second-order valence-electron chi connectivity index (χ2n) is 5.21. The molecule has 19 heavy (non-hydrogen) atoms. The van der Waals surface area contributed by atoms with Gasteiger partial charge in [-0.2, -0.15) is 5.10 Å². The summed E-state index contributed by atoms with van der Waals surface area (Å²) < 4.78 is 1.76. The van der Waals surface area contributed by atoms with E-state index in [4.69, 9.17) is 5.73 Å². The van der Waals surface area contributed by atoms with Crippen molar-refractivity contribution in [1.82, 2.24) is 20.0 Å². The van der Waals surface area contributed by atoms with Crippen LogP contribution in [0.2, 0.25) is 0 Å². The minimum atomic E-state index is -0.0760. The van der Waals surface area contributed by atoms with Crippen LogP contribution in [0.25, 0.3) is 0 Å². The zero-order chi connectivity index (χ0) is 14.6. The maximum atomic E-state index is 11.6. The molecule has 0 spiro atoms. The van der Waals surface area contributed by atoms with Crippen molar-refractivity contribution in [1.29, 1.82) is 0 Å². The van der Waals surface area contributed by atoms with Crippen LogP contribution in [0.5, 0.6) is 0 Å². The molecule has 0 aromatic carbocycles. The molecule has 0 saturated heterocycles. The topological polar surface area (TPSA) is 76.2 Å². The minimum absolute atomic E-state index is 0.0360. The van der Waals surface area contributed by atoms with Crippen LogP contribution >= 0.6 is 0 Å². The van der Waals surface area contributed by atoms with Crippen molar-refractivity contribution in [3.63, 3.8) is 0 Å². The number of aryl methyl sites for hydroxylation is 1. The monoisotopic (exact) mass is 267 g/mol. The molecule has 1 amide bonds. The van der Waals surface area contributed by atoms with E-state index in [1.165, 1.54) is 0 Å². The van der Waals surface area contributed by atoms with Gasteiger partial charge in [0.15, 0.2) is 0 Å². The predicted molar refractivity (Wildman–Crippen MR) is 75.5 cm³/mol. The van der Waals surface area contributed by atoms with E-state index < -0.39 is 0 Å². The fourth-order valence-electron chi connectivity index (χ4n) is 2.43. The van der Waals surface area contributed by atoms with Crippen LogP contribution in [0.15, 0.2) is 12.4 Å². The molecule has 0 radical (unpaired) electrons. The number of hydrogen-bond acceptors (Lipinski definition) is 4. The van der Waals surface area contributed by atoms with Gasteiger partial charge in [0.2, 0.25) is 5.91 Å². The normalized spacial score (nSPS) is 16.2. The lowest BCUT2D eigenvalue weighted by Crippen LogP contribution is -2.41. The first kappa shape index (κ1) is 15.7. The number of nitrogens with one attached hydrogen (secondary N) is 1. The molecule has 1 heterocycles. The number of amides is 1. The Balaban J connectivity index is 2.80. The summed E-state index contributed by atoms with van der Waals surface area (Å²) in [6.07, 6.45) is 3.80. The van der Waals surface area contributed by atoms with Crippen LogP contribution < -0.4 is 11.1 Å². The first-order chi connectivity index (χ1) is 8.86. The van der Waals surface area contributed by atoms with Crippen LogP contribution in [0.3, 0.4) is 0 Å². The van der Waals surface area contributed by atoms with E-state index in [0.29, 0.717) is 6.54 Å². The van der Waals surface area contributed by atoms with Crippen molar-refractivity contribution >= 4 is 5.91 Å². The molecule has 0 fully saturated rings. The third-order valence-corrected chi connectivity index (χ3v) is 3.30. The summed E-state index contributed by atoms with van der Waals surface area (Å²) in [5, 5.41) is 6.86. The molecule has 0 aliphatic carbocycles. The van der Waals surface area contributed by atoms with Crippen LogP contribution in [0.1, 0.15) is 25.5 Å². The van der Waals surface area contributed by atoms with Gasteiger partial charge in [-0.25, -0.2) is 0 Å². The van der Waals surface area contributed by atoms with E-state index in [1.54, 1.807) is 11.7 Å². The summed E-state index contributed by atoms with van der Waals surface area (Å²) >= 11 is 0. The van der Waals surface area contributed by atoms with E-state index in [9.17, 15) is 4.79 Å². The van der Waals surface area contributed by atoms with Crippen molar-refractivity contribution in [2.75, 3.05) is 20.6 Å². The Kier molecular flexibility index (Phi) is 5.50. The molecule has 6 heteroatoms. The summed E-state index contributed by atoms with van der Waals surface area (Å²) in [7, 11) is 5.53. The quantitative estimate of drug-likeness (QED) is 0.768. The van der Waals surface area contributed by atoms with E-state index in [2.05, 4.69) is 15.3 Å². The number of aromatic nitrogens is 2. The number of nitrogens with two attached hydrogens (primary N) is 1. The minimum Gasteiger partial charge on any atom is -0.359 e. The van der Waals surface area contributed by atoms with E-state index in [-0.39, 0.29) is 23.9 Å². The third kappa shape index (κ3) is 4.04. The lowest BCUT2D eigenvalue weighted by Gasteiger charge is -2.31. The molecular formula is C13H25N5O. The second kappa shape index (κ2) is 6.68. The number of hydrogen-bond donors (Lipinski definition) is 2. The summed E-state index contributed by atoms with van der Waals surface area (Å²) in [6.45, 7) is 4.54. The lowest BCUT2D eigenvalue weighted by molar-refractivity contribution is -0.124. The number of carbonyl (C=O) groups excluding carboxylic acids is 1. The van der Waals surface area contributed by atoms with Gasteiger partial charge in [0, 0.05) is 44.4 Å². The Morgan fingerprint density at radius 2 is 2.21 bits per heavy atom. The van der Waals surface area contributed by atoms with Crippen LogP contribution in [-0.4, -0.2) is 47.3 Å². The maximum Gasteiger partial charge on any atom is 0.223 e. The van der Waals surface area contributed by atoms with Gasteiger partial charge in [0.05, 0.1) is 12.2 Å². The summed E-state index contributed by atoms with van der Waals surface area (Å²) in [6, 6.07) is 0.0203. The van der Waals surface area contributed by atoms with Gasteiger partial charge in [-0.15, -0.1) is 0 Å². The average molecular weight is 267 g/mol. The molecule has 3 N–H and O–H groups in total. The number of carbonyl (C=O) groups is 1. The standard InChI is InChI=1S/C13H25N5O/c1-9(13(19)15-3)7-17(4)12(10(2)14)11-6-16-18(5)8-11/h6,8-10,12H,7,14H2,1-5H3,(H,15,19). The zero-order valence-electron chi connectivity index (χ0n) is 12.4. The molecule has 1 aromatic heterocycles. The number of likely N-dealkylation sites (N-methyl/N-ethyl adjacent to an activating group) is 1. The highest BCUT2D eigenvalue weighted by Gasteiger charge is 2.25. The van der Waals surface area contributed by atoms with Gasteiger partial charge in [-0.1, -0.05) is 6.92 Å². The molecule has 108 valence electrons. The lowest BCUT2D eigenvalue weighted by atomic mass is 10.0. The molecule has 3 atom stereocenters.